The van der Waals surface area contributed by atoms with E-state index in [1.54, 1.807) is 43.3 Å². The molecular weight excluding hydrogens is 511 g/mol. The molecule has 0 bridgehead atoms. The third-order valence-corrected chi connectivity index (χ3v) is 7.06. The smallest absolute Gasteiger partial charge is 0.250 e. The molecule has 2 aromatic rings. The maximum Gasteiger partial charge on any atom is 0.250 e. The fourth-order valence-corrected chi connectivity index (χ4v) is 4.78. The van der Waals surface area contributed by atoms with Gasteiger partial charge in [-0.05, 0) is 55.2 Å². The van der Waals surface area contributed by atoms with E-state index in [0.717, 1.165) is 5.56 Å². The second kappa shape index (κ2) is 12.7. The first kappa shape index (κ1) is 28.8. The fraction of sp³-hybridized carbons (Fsp3) is 0.357. The lowest BCUT2D eigenvalue weighted by atomic mass is 9.86. The Hall–Kier alpha value is -3.72. The highest BCUT2D eigenvalue weighted by Gasteiger charge is 2.49. The van der Waals surface area contributed by atoms with Crippen LogP contribution < -0.4 is 11.1 Å². The van der Waals surface area contributed by atoms with Gasteiger partial charge >= 0.3 is 0 Å². The number of aryl methyl sites for hydroxylation is 1. The van der Waals surface area contributed by atoms with E-state index in [2.05, 4.69) is 11.9 Å². The van der Waals surface area contributed by atoms with E-state index in [1.165, 1.54) is 28.0 Å². The van der Waals surface area contributed by atoms with E-state index >= 15 is 0 Å². The number of carbonyl (C=O) groups excluding carboxylic acids is 4. The molecule has 4 amide bonds. The Morgan fingerprint density at radius 2 is 1.79 bits per heavy atom. The van der Waals surface area contributed by atoms with Crippen LogP contribution in [0.4, 0.5) is 4.39 Å². The molecule has 0 aliphatic carbocycles. The van der Waals surface area contributed by atoms with Gasteiger partial charge in [-0.25, -0.2) is 4.39 Å². The SMILES string of the molecule is C=CCNC(=O)[C@@](C)(c1ccc(Cl)cc1)N1CCN(C(=O)CCc2ccc(F)cc2)[C@@H](CCC(N)=O)C1=O. The Kier molecular flexibility index (Phi) is 9.63. The maximum atomic E-state index is 13.9. The van der Waals surface area contributed by atoms with Crippen molar-refractivity contribution >= 4 is 35.2 Å². The van der Waals surface area contributed by atoms with Crippen molar-refractivity contribution < 1.29 is 23.6 Å². The summed E-state index contributed by atoms with van der Waals surface area (Å²) in [6.45, 7) is 5.73. The van der Waals surface area contributed by atoms with Crippen molar-refractivity contribution in [1.29, 1.82) is 0 Å². The van der Waals surface area contributed by atoms with Crippen molar-refractivity contribution in [2.24, 2.45) is 5.73 Å². The van der Waals surface area contributed by atoms with Crippen LogP contribution in [0.3, 0.4) is 0 Å². The van der Waals surface area contributed by atoms with Crippen LogP contribution in [0.25, 0.3) is 0 Å². The summed E-state index contributed by atoms with van der Waals surface area (Å²) < 4.78 is 13.2. The molecule has 1 saturated heterocycles. The van der Waals surface area contributed by atoms with Crippen LogP contribution in [0, 0.1) is 5.82 Å². The van der Waals surface area contributed by atoms with Crippen molar-refractivity contribution in [1.82, 2.24) is 15.1 Å². The molecule has 3 N–H and O–H groups in total. The number of hydrogen-bond donors (Lipinski definition) is 2. The van der Waals surface area contributed by atoms with Gasteiger partial charge in [-0.2, -0.15) is 0 Å². The van der Waals surface area contributed by atoms with E-state index in [0.29, 0.717) is 17.0 Å². The normalized spacial score (nSPS) is 17.0. The van der Waals surface area contributed by atoms with Gasteiger partial charge in [0.25, 0.3) is 5.91 Å². The standard InChI is InChI=1S/C28H32ClFN4O4/c1-3-16-32-27(38)28(2,20-7-9-21(29)10-8-20)34-18-17-33(23(26(34)37)13-14-24(31)35)25(36)15-6-19-4-11-22(30)12-5-19/h3-5,7-12,23H,1,6,13-18H2,2H3,(H2,31,35)(H,32,38)/t23-,28+/m0/s1. The van der Waals surface area contributed by atoms with Crippen molar-refractivity contribution in [2.75, 3.05) is 19.6 Å². The van der Waals surface area contributed by atoms with Gasteiger partial charge in [0.15, 0.2) is 0 Å². The molecule has 1 aliphatic rings. The molecule has 1 aliphatic heterocycles. The molecular formula is C28H32ClFN4O4. The van der Waals surface area contributed by atoms with Crippen molar-refractivity contribution in [3.8, 4) is 0 Å². The summed E-state index contributed by atoms with van der Waals surface area (Å²) in [6.07, 6.45) is 1.92. The number of rotatable bonds is 11. The minimum absolute atomic E-state index is 0.0257. The zero-order valence-electron chi connectivity index (χ0n) is 21.3. The first-order valence-electron chi connectivity index (χ1n) is 12.4. The summed E-state index contributed by atoms with van der Waals surface area (Å²) in [5.41, 5.74) is 5.28. The molecule has 2 aromatic carbocycles. The average Bonchev–Trinajstić information content (AvgIpc) is 2.90. The number of piperazine rings is 1. The minimum atomic E-state index is -1.42. The number of nitrogens with one attached hydrogen (secondary N) is 1. The Balaban J connectivity index is 1.90. The second-order valence-electron chi connectivity index (χ2n) is 9.30. The topological polar surface area (TPSA) is 113 Å². The van der Waals surface area contributed by atoms with E-state index in [1.807, 2.05) is 0 Å². The van der Waals surface area contributed by atoms with Gasteiger partial charge in [-0.1, -0.05) is 41.9 Å². The number of benzene rings is 2. The van der Waals surface area contributed by atoms with Crippen LogP contribution in [-0.4, -0.2) is 59.1 Å². The molecule has 2 atom stereocenters. The summed E-state index contributed by atoms with van der Waals surface area (Å²) in [4.78, 5) is 55.1. The lowest BCUT2D eigenvalue weighted by Crippen LogP contribution is -2.66. The Bertz CT molecular complexity index is 1190. The van der Waals surface area contributed by atoms with Crippen LogP contribution >= 0.6 is 11.6 Å². The molecule has 10 heteroatoms. The number of nitrogens with two attached hydrogens (primary N) is 1. The summed E-state index contributed by atoms with van der Waals surface area (Å²) >= 11 is 6.07. The van der Waals surface area contributed by atoms with Crippen LogP contribution in [0.15, 0.2) is 61.2 Å². The van der Waals surface area contributed by atoms with Gasteiger partial charge in [0.2, 0.25) is 17.7 Å². The van der Waals surface area contributed by atoms with Crippen molar-refractivity contribution in [3.05, 3.63) is 83.2 Å². The predicted molar refractivity (Wildman–Crippen MR) is 142 cm³/mol. The lowest BCUT2D eigenvalue weighted by Gasteiger charge is -2.48. The average molecular weight is 543 g/mol. The summed E-state index contributed by atoms with van der Waals surface area (Å²) in [7, 11) is 0. The number of hydrogen-bond acceptors (Lipinski definition) is 4. The van der Waals surface area contributed by atoms with Gasteiger partial charge in [0.1, 0.15) is 17.4 Å². The highest BCUT2D eigenvalue weighted by molar-refractivity contribution is 6.30. The molecule has 0 spiro atoms. The van der Waals surface area contributed by atoms with Crippen LogP contribution in [0.5, 0.6) is 0 Å². The monoisotopic (exact) mass is 542 g/mol. The molecule has 1 heterocycles. The van der Waals surface area contributed by atoms with E-state index in [9.17, 15) is 23.6 Å². The van der Waals surface area contributed by atoms with Gasteiger partial charge in [0, 0.05) is 37.5 Å². The molecule has 3 rings (SSSR count). The van der Waals surface area contributed by atoms with Crippen LogP contribution in [0.1, 0.15) is 37.3 Å². The Labute approximate surface area is 226 Å². The van der Waals surface area contributed by atoms with Crippen LogP contribution in [0.2, 0.25) is 5.02 Å². The maximum absolute atomic E-state index is 13.9. The third kappa shape index (κ3) is 6.58. The number of amides is 4. The summed E-state index contributed by atoms with van der Waals surface area (Å²) in [6, 6.07) is 11.5. The largest absolute Gasteiger partial charge is 0.370 e. The highest BCUT2D eigenvalue weighted by Crippen LogP contribution is 2.33. The van der Waals surface area contributed by atoms with Crippen LogP contribution in [-0.2, 0) is 31.1 Å². The minimum Gasteiger partial charge on any atom is -0.370 e. The molecule has 0 saturated carbocycles. The van der Waals surface area contributed by atoms with E-state index in [4.69, 9.17) is 17.3 Å². The summed E-state index contributed by atoms with van der Waals surface area (Å²) in [5.74, 6) is -2.12. The number of halogens is 2. The Morgan fingerprint density at radius 1 is 1.13 bits per heavy atom. The quantitative estimate of drug-likeness (QED) is 0.425. The number of carbonyl (C=O) groups is 4. The molecule has 1 fully saturated rings. The number of primary amides is 1. The van der Waals surface area contributed by atoms with E-state index in [-0.39, 0.29) is 50.6 Å². The summed E-state index contributed by atoms with van der Waals surface area (Å²) in [5, 5.41) is 3.26. The highest BCUT2D eigenvalue weighted by atomic mass is 35.5. The zero-order valence-corrected chi connectivity index (χ0v) is 22.0. The Morgan fingerprint density at radius 3 is 2.39 bits per heavy atom. The molecule has 0 unspecified atom stereocenters. The molecule has 38 heavy (non-hydrogen) atoms. The van der Waals surface area contributed by atoms with Gasteiger partial charge < -0.3 is 20.9 Å². The van der Waals surface area contributed by atoms with E-state index < -0.39 is 29.3 Å². The number of nitrogens with zero attached hydrogens (tertiary/aromatic N) is 2. The zero-order chi connectivity index (χ0) is 27.9. The van der Waals surface area contributed by atoms with Gasteiger partial charge in [-0.3, -0.25) is 19.2 Å². The second-order valence-corrected chi connectivity index (χ2v) is 9.74. The van der Waals surface area contributed by atoms with Gasteiger partial charge in [0.05, 0.1) is 0 Å². The third-order valence-electron chi connectivity index (χ3n) is 6.81. The molecule has 8 nitrogen and oxygen atoms in total. The fourth-order valence-electron chi connectivity index (χ4n) is 4.65. The van der Waals surface area contributed by atoms with Crippen molar-refractivity contribution in [2.45, 2.75) is 44.2 Å². The first-order valence-corrected chi connectivity index (χ1v) is 12.7. The lowest BCUT2D eigenvalue weighted by molar-refractivity contribution is -0.162. The molecule has 202 valence electrons. The first-order chi connectivity index (χ1) is 18.1. The molecule has 0 radical (unpaired) electrons. The predicted octanol–water partition coefficient (Wildman–Crippen LogP) is 2.93. The van der Waals surface area contributed by atoms with Gasteiger partial charge in [-0.15, -0.1) is 6.58 Å². The molecule has 0 aromatic heterocycles. The van der Waals surface area contributed by atoms with Crippen molar-refractivity contribution in [3.63, 3.8) is 0 Å².